The zero-order chi connectivity index (χ0) is 36.0. The lowest BCUT2D eigenvalue weighted by molar-refractivity contribution is -0.127. The highest BCUT2D eigenvalue weighted by Crippen LogP contribution is 2.25. The number of benzene rings is 2. The molecule has 4 aromatic rings. The van der Waals surface area contributed by atoms with E-state index in [9.17, 15) is 33.3 Å². The van der Waals surface area contributed by atoms with Crippen LogP contribution in [0.4, 0.5) is 0 Å². The van der Waals surface area contributed by atoms with E-state index in [1.165, 1.54) is 33.3 Å². The second kappa shape index (κ2) is 15.8. The Morgan fingerprint density at radius 2 is 1.65 bits per heavy atom. The van der Waals surface area contributed by atoms with Crippen LogP contribution in [-0.4, -0.2) is 73.3 Å². The molecule has 12 nitrogen and oxygen atoms in total. The number of amides is 1. The van der Waals surface area contributed by atoms with Crippen molar-refractivity contribution in [3.8, 4) is 11.6 Å². The molecule has 0 saturated carbocycles. The molecular formula is C36H47N5O7S. The highest BCUT2D eigenvalue weighted by molar-refractivity contribution is 7.89. The summed E-state index contributed by atoms with van der Waals surface area (Å²) in [5, 5.41) is 35.4. The Morgan fingerprint density at radius 3 is 2.27 bits per heavy atom. The van der Waals surface area contributed by atoms with E-state index < -0.39 is 45.7 Å². The molecule has 2 heterocycles. The summed E-state index contributed by atoms with van der Waals surface area (Å²) in [6, 6.07) is 16.6. The van der Waals surface area contributed by atoms with E-state index in [1.807, 2.05) is 57.2 Å². The first-order valence-electron chi connectivity index (χ1n) is 16.3. The molecule has 0 radical (unpaired) electrons. The maximum atomic E-state index is 14.1. The van der Waals surface area contributed by atoms with E-state index in [-0.39, 0.29) is 48.5 Å². The zero-order valence-electron chi connectivity index (χ0n) is 28.8. The van der Waals surface area contributed by atoms with Crippen molar-refractivity contribution in [1.29, 1.82) is 0 Å². The molecule has 264 valence electrons. The number of nitrogens with one attached hydrogen (secondary N) is 1. The molecule has 3 atom stereocenters. The highest BCUT2D eigenvalue weighted by Gasteiger charge is 2.34. The molecular weight excluding hydrogens is 646 g/mol. The summed E-state index contributed by atoms with van der Waals surface area (Å²) in [5.41, 5.74) is 1.91. The number of rotatable bonds is 15. The van der Waals surface area contributed by atoms with Gasteiger partial charge in [-0.25, -0.2) is 13.2 Å². The number of aromatic nitrogens is 3. The van der Waals surface area contributed by atoms with Gasteiger partial charge in [-0.2, -0.15) is 4.31 Å². The molecule has 4 N–H and O–H groups in total. The molecule has 0 fully saturated rings. The van der Waals surface area contributed by atoms with E-state index in [1.54, 1.807) is 32.9 Å². The number of aliphatic hydroxyl groups is 1. The Morgan fingerprint density at radius 1 is 0.959 bits per heavy atom. The normalized spacial score (nSPS) is 13.9. The second-order valence-electron chi connectivity index (χ2n) is 13.3. The van der Waals surface area contributed by atoms with Crippen LogP contribution in [-0.2, 0) is 27.8 Å². The number of aliphatic hydroxyl groups excluding tert-OH is 1. The van der Waals surface area contributed by atoms with Crippen LogP contribution in [0.25, 0.3) is 0 Å². The Bertz CT molecular complexity index is 1900. The number of aromatic hydroxyl groups is 2. The lowest BCUT2D eigenvalue weighted by atomic mass is 9.98. The summed E-state index contributed by atoms with van der Waals surface area (Å²) < 4.78 is 31.2. The van der Waals surface area contributed by atoms with Gasteiger partial charge >= 0.3 is 5.69 Å². The predicted octanol–water partition coefficient (Wildman–Crippen LogP) is 3.75. The lowest BCUT2D eigenvalue weighted by Crippen LogP contribution is -2.53. The van der Waals surface area contributed by atoms with Gasteiger partial charge in [0.2, 0.25) is 21.8 Å². The first-order valence-corrected chi connectivity index (χ1v) is 17.8. The number of hydrogen-bond acceptors (Lipinski definition) is 8. The number of pyridine rings is 1. The molecule has 0 aliphatic rings. The molecule has 2 aromatic carbocycles. The molecule has 0 bridgehead atoms. The molecule has 0 saturated heterocycles. The second-order valence-corrected chi connectivity index (χ2v) is 15.2. The molecule has 0 aliphatic heterocycles. The molecule has 0 spiro atoms. The maximum absolute atomic E-state index is 14.1. The average Bonchev–Trinajstić information content (AvgIpc) is 3.29. The average molecular weight is 694 g/mol. The van der Waals surface area contributed by atoms with Gasteiger partial charge in [0.25, 0.3) is 0 Å². The molecule has 0 aliphatic carbocycles. The number of phenolic OH excluding ortho intramolecular Hbond substituents is 1. The summed E-state index contributed by atoms with van der Waals surface area (Å²) in [6.45, 7) is 10.5. The Hall–Kier alpha value is -4.46. The van der Waals surface area contributed by atoms with Crippen LogP contribution >= 0.6 is 0 Å². The topological polar surface area (TPSA) is 167 Å². The fraction of sp³-hybridized carbons (Fsp3) is 0.417. The Labute approximate surface area is 287 Å². The number of imidazole rings is 1. The molecule has 4 rings (SSSR count). The van der Waals surface area contributed by atoms with E-state index in [2.05, 4.69) is 10.3 Å². The SMILES string of the molecule is Cc1cccc(Cn2c(O)cn([C@H](C(=O)N[C@@H](Cc3ccccc3)[C@H](O)CN(CC(C)C)S(=O)(=O)c3ccc(O)c(C)c3)C(C)C)c2=O)n1. The van der Waals surface area contributed by atoms with Crippen LogP contribution < -0.4 is 11.0 Å². The Balaban J connectivity index is 1.66. The number of carbonyl (C=O) groups excluding carboxylic acids is 1. The van der Waals surface area contributed by atoms with Crippen LogP contribution in [0.1, 0.15) is 56.3 Å². The summed E-state index contributed by atoms with van der Waals surface area (Å²) in [7, 11) is -4.11. The molecule has 0 unspecified atom stereocenters. The number of sulfonamides is 1. The Kier molecular flexibility index (Phi) is 12.1. The van der Waals surface area contributed by atoms with Gasteiger partial charge in [-0.15, -0.1) is 0 Å². The van der Waals surface area contributed by atoms with Crippen LogP contribution in [0.3, 0.4) is 0 Å². The largest absolute Gasteiger partial charge is 0.508 e. The monoisotopic (exact) mass is 693 g/mol. The van der Waals surface area contributed by atoms with Crippen molar-refractivity contribution in [2.45, 2.75) is 77.6 Å². The van der Waals surface area contributed by atoms with Gasteiger partial charge in [0.05, 0.1) is 35.5 Å². The summed E-state index contributed by atoms with van der Waals surface area (Å²) in [5.74, 6) is -1.43. The van der Waals surface area contributed by atoms with Crippen molar-refractivity contribution in [2.24, 2.45) is 11.8 Å². The van der Waals surface area contributed by atoms with Gasteiger partial charge in [0.15, 0.2) is 0 Å². The maximum Gasteiger partial charge on any atom is 0.332 e. The number of nitrogens with zero attached hydrogens (tertiary/aromatic N) is 4. The van der Waals surface area contributed by atoms with E-state index >= 15 is 0 Å². The number of hydrogen-bond donors (Lipinski definition) is 4. The van der Waals surface area contributed by atoms with Crippen molar-refractivity contribution in [3.63, 3.8) is 0 Å². The minimum Gasteiger partial charge on any atom is -0.508 e. The minimum atomic E-state index is -4.11. The van der Waals surface area contributed by atoms with Gasteiger partial charge in [-0.3, -0.25) is 18.9 Å². The third kappa shape index (κ3) is 9.17. The van der Waals surface area contributed by atoms with Crippen molar-refractivity contribution >= 4 is 15.9 Å². The van der Waals surface area contributed by atoms with Crippen molar-refractivity contribution in [2.75, 3.05) is 13.1 Å². The third-order valence-corrected chi connectivity index (χ3v) is 10.1. The van der Waals surface area contributed by atoms with Crippen LogP contribution in [0, 0.1) is 25.7 Å². The quantitative estimate of drug-likeness (QED) is 0.146. The molecule has 49 heavy (non-hydrogen) atoms. The summed E-state index contributed by atoms with van der Waals surface area (Å²) >= 11 is 0. The smallest absolute Gasteiger partial charge is 0.332 e. The van der Waals surface area contributed by atoms with Gasteiger partial charge in [0.1, 0.15) is 11.8 Å². The first kappa shape index (κ1) is 37.4. The fourth-order valence-corrected chi connectivity index (χ4v) is 7.51. The predicted molar refractivity (Wildman–Crippen MR) is 187 cm³/mol. The van der Waals surface area contributed by atoms with E-state index in [0.29, 0.717) is 11.3 Å². The third-order valence-electron chi connectivity index (χ3n) is 8.30. The fourth-order valence-electron chi connectivity index (χ4n) is 5.81. The number of phenols is 1. The number of carbonyl (C=O) groups is 1. The standard InChI is InChI=1S/C36H47N5O7S/c1-23(2)19-39(49(47,48)29-15-16-31(42)25(5)17-29)21-32(43)30(18-27-12-8-7-9-13-27)38-35(45)34(24(3)4)41-22-33(44)40(36(41)46)20-28-14-10-11-26(6)37-28/h7-17,22-24,30,32,34,42-44H,18-21H2,1-6H3,(H,38,45)/t30-,32+,34-/m0/s1. The summed E-state index contributed by atoms with van der Waals surface area (Å²) in [6.07, 6.45) is 0.0413. The van der Waals surface area contributed by atoms with Crippen LogP contribution in [0.5, 0.6) is 11.6 Å². The van der Waals surface area contributed by atoms with Crippen molar-refractivity contribution < 1.29 is 28.5 Å². The molecule has 1 amide bonds. The first-order chi connectivity index (χ1) is 23.1. The number of aryl methyl sites for hydroxylation is 2. The van der Waals surface area contributed by atoms with Crippen molar-refractivity contribution in [1.82, 2.24) is 23.7 Å². The summed E-state index contributed by atoms with van der Waals surface area (Å²) in [4.78, 5) is 32.1. The van der Waals surface area contributed by atoms with E-state index in [4.69, 9.17) is 0 Å². The lowest BCUT2D eigenvalue weighted by Gasteiger charge is -2.32. The van der Waals surface area contributed by atoms with Crippen molar-refractivity contribution in [3.05, 3.63) is 106 Å². The molecule has 13 heteroatoms. The van der Waals surface area contributed by atoms with Gasteiger partial charge in [0, 0.05) is 18.8 Å². The molecule has 2 aromatic heterocycles. The zero-order valence-corrected chi connectivity index (χ0v) is 29.6. The van der Waals surface area contributed by atoms with Gasteiger partial charge in [-0.05, 0) is 73.6 Å². The van der Waals surface area contributed by atoms with Gasteiger partial charge in [-0.1, -0.05) is 64.1 Å². The van der Waals surface area contributed by atoms with E-state index in [0.717, 1.165) is 15.8 Å². The van der Waals surface area contributed by atoms with Crippen LogP contribution in [0.2, 0.25) is 0 Å². The van der Waals surface area contributed by atoms with Crippen LogP contribution in [0.15, 0.2) is 82.6 Å². The minimum absolute atomic E-state index is 0.00183. The van der Waals surface area contributed by atoms with Gasteiger partial charge < -0.3 is 20.6 Å². The highest BCUT2D eigenvalue weighted by atomic mass is 32.2.